The highest BCUT2D eigenvalue weighted by Gasteiger charge is 2.41. The molecule has 2 rings (SSSR count). The minimum absolute atomic E-state index is 0.0105. The van der Waals surface area contributed by atoms with Crippen LogP contribution in [0.25, 0.3) is 6.08 Å². The lowest BCUT2D eigenvalue weighted by Gasteiger charge is -2.45. The van der Waals surface area contributed by atoms with Crippen LogP contribution in [-0.4, -0.2) is 36.2 Å². The van der Waals surface area contributed by atoms with Crippen LogP contribution in [0, 0.1) is 22.7 Å². The van der Waals surface area contributed by atoms with Crippen LogP contribution in [0.3, 0.4) is 0 Å². The number of para-hydroxylation sites is 1. The van der Waals surface area contributed by atoms with E-state index in [0.717, 1.165) is 12.0 Å². The molecule has 228 valence electrons. The van der Waals surface area contributed by atoms with E-state index >= 15 is 0 Å². The maximum atomic E-state index is 13.6. The topological polar surface area (TPSA) is 91.3 Å². The monoisotopic (exact) mass is 588 g/mol. The summed E-state index contributed by atoms with van der Waals surface area (Å²) in [7, 11) is -3.88. The smallest absolute Gasteiger partial charge is 0.417 e. The van der Waals surface area contributed by atoms with Gasteiger partial charge in [-0.2, -0.15) is 0 Å². The van der Waals surface area contributed by atoms with E-state index in [1.54, 1.807) is 43.3 Å². The van der Waals surface area contributed by atoms with Crippen molar-refractivity contribution in [2.24, 2.45) is 22.7 Å². The molecule has 7 nitrogen and oxygen atoms in total. The van der Waals surface area contributed by atoms with Crippen LogP contribution < -0.4 is 9.26 Å². The van der Waals surface area contributed by atoms with E-state index in [9.17, 15) is 14.5 Å². The van der Waals surface area contributed by atoms with Gasteiger partial charge in [-0.05, 0) is 72.8 Å². The molecule has 0 aliphatic heterocycles. The van der Waals surface area contributed by atoms with Crippen LogP contribution in [0.15, 0.2) is 60.7 Å². The van der Waals surface area contributed by atoms with Gasteiger partial charge < -0.3 is 19.1 Å². The highest BCUT2D eigenvalue weighted by Crippen LogP contribution is 2.49. The highest BCUT2D eigenvalue weighted by atomic mass is 31.2. The number of aliphatic hydroxyl groups is 1. The maximum Gasteiger partial charge on any atom is 0.417 e. The number of aliphatic hydroxyl groups excluding tert-OH is 1. The van der Waals surface area contributed by atoms with Gasteiger partial charge in [0.25, 0.3) is 0 Å². The molecule has 41 heavy (non-hydrogen) atoms. The van der Waals surface area contributed by atoms with E-state index in [-0.39, 0.29) is 35.6 Å². The molecule has 0 radical (unpaired) electrons. The normalized spacial score (nSPS) is 16.2. The zero-order chi connectivity index (χ0) is 30.8. The van der Waals surface area contributed by atoms with Gasteiger partial charge in [0.2, 0.25) is 6.35 Å². The maximum absolute atomic E-state index is 13.6. The molecule has 2 aromatic carbocycles. The molecule has 1 unspecified atom stereocenters. The van der Waals surface area contributed by atoms with Crippen LogP contribution in [0.2, 0.25) is 0 Å². The molecule has 0 aliphatic rings. The first-order chi connectivity index (χ1) is 19.1. The third kappa shape index (κ3) is 11.3. The average molecular weight is 589 g/mol. The third-order valence-corrected chi connectivity index (χ3v) is 8.37. The van der Waals surface area contributed by atoms with Crippen LogP contribution in [-0.2, 0) is 18.6 Å². The lowest BCUT2D eigenvalue weighted by molar-refractivity contribution is -0.150. The molecular weight excluding hydrogens is 539 g/mol. The van der Waals surface area contributed by atoms with Crippen molar-refractivity contribution in [3.05, 3.63) is 66.2 Å². The number of rotatable bonds is 14. The van der Waals surface area contributed by atoms with Crippen molar-refractivity contribution in [2.75, 3.05) is 13.0 Å². The van der Waals surface area contributed by atoms with Crippen molar-refractivity contribution >= 4 is 19.6 Å². The molecule has 0 saturated carbocycles. The number of carbonyl (C=O) groups excluding carboxylic acids is 1. The summed E-state index contributed by atoms with van der Waals surface area (Å²) in [6, 6.07) is 15.9. The molecule has 8 heteroatoms. The Labute approximate surface area is 246 Å². The zero-order valence-electron chi connectivity index (χ0n) is 26.1. The molecule has 0 fully saturated rings. The second-order valence-corrected chi connectivity index (χ2v) is 14.5. The Morgan fingerprint density at radius 2 is 1.51 bits per heavy atom. The molecular formula is C33H49O7P. The van der Waals surface area contributed by atoms with E-state index < -0.39 is 25.8 Å². The van der Waals surface area contributed by atoms with Gasteiger partial charge in [-0.3, -0.25) is 4.52 Å². The van der Waals surface area contributed by atoms with Crippen LogP contribution in [0.4, 0.5) is 0 Å². The summed E-state index contributed by atoms with van der Waals surface area (Å²) in [6.45, 7) is 18.6. The van der Waals surface area contributed by atoms with Crippen molar-refractivity contribution in [2.45, 2.75) is 80.9 Å². The molecule has 0 spiro atoms. The molecule has 0 amide bonds. The average Bonchev–Trinajstić information content (AvgIpc) is 2.87. The van der Waals surface area contributed by atoms with Gasteiger partial charge in [0.15, 0.2) is 6.10 Å². The van der Waals surface area contributed by atoms with E-state index in [4.69, 9.17) is 18.5 Å². The van der Waals surface area contributed by atoms with Gasteiger partial charge in [-0.15, -0.1) is 0 Å². The second-order valence-electron chi connectivity index (χ2n) is 12.7. The summed E-state index contributed by atoms with van der Waals surface area (Å²) >= 11 is 0. The Balaban J connectivity index is 2.04. The van der Waals surface area contributed by atoms with Crippen molar-refractivity contribution in [1.29, 1.82) is 0 Å². The van der Waals surface area contributed by atoms with E-state index in [0.29, 0.717) is 11.5 Å². The largest absolute Gasteiger partial charge is 0.480 e. The van der Waals surface area contributed by atoms with Gasteiger partial charge in [0.05, 0.1) is 12.7 Å². The predicted molar refractivity (Wildman–Crippen MR) is 165 cm³/mol. The van der Waals surface area contributed by atoms with Crippen LogP contribution >= 0.6 is 7.60 Å². The summed E-state index contributed by atoms with van der Waals surface area (Å²) in [5.74, 6) is 0.448. The van der Waals surface area contributed by atoms with Gasteiger partial charge in [0.1, 0.15) is 11.5 Å². The van der Waals surface area contributed by atoms with E-state index in [1.165, 1.54) is 6.92 Å². The lowest BCUT2D eigenvalue weighted by Crippen LogP contribution is -2.44. The number of benzene rings is 2. The van der Waals surface area contributed by atoms with Crippen molar-refractivity contribution in [3.8, 4) is 11.5 Å². The van der Waals surface area contributed by atoms with Crippen molar-refractivity contribution < 1.29 is 33.0 Å². The first-order valence-corrected chi connectivity index (χ1v) is 16.0. The van der Waals surface area contributed by atoms with Crippen LogP contribution in [0.1, 0.15) is 74.3 Å². The number of carbonyl (C=O) groups is 1. The lowest BCUT2D eigenvalue weighted by atomic mass is 9.62. The molecule has 1 N–H and O–H groups in total. The SMILES string of the molecule is CCOC(=O)[C@H](C)OP(=O)(COc1ccc(/C=C/C[C@@H](C)[C@@H](O)C(C(C)(C)C)C(C)(C)C)cc1)Oc1ccccc1. The fraction of sp³-hybridized carbons (Fsp3) is 0.545. The summed E-state index contributed by atoms with van der Waals surface area (Å²) in [6.07, 6.45) is 2.95. The van der Waals surface area contributed by atoms with Gasteiger partial charge in [-0.25, -0.2) is 9.36 Å². The Hall–Kier alpha value is -2.60. The minimum Gasteiger partial charge on any atom is -0.480 e. The minimum atomic E-state index is -3.88. The fourth-order valence-electron chi connectivity index (χ4n) is 5.30. The summed E-state index contributed by atoms with van der Waals surface area (Å²) in [4.78, 5) is 12.1. The summed E-state index contributed by atoms with van der Waals surface area (Å²) in [5.41, 5.74) is 0.950. The number of hydrogen-bond donors (Lipinski definition) is 1. The Morgan fingerprint density at radius 1 is 0.927 bits per heavy atom. The number of ether oxygens (including phenoxy) is 2. The molecule has 0 aromatic heterocycles. The summed E-state index contributed by atoms with van der Waals surface area (Å²) < 4.78 is 35.5. The third-order valence-electron chi connectivity index (χ3n) is 6.80. The number of esters is 1. The second kappa shape index (κ2) is 15.0. The highest BCUT2D eigenvalue weighted by molar-refractivity contribution is 7.54. The summed E-state index contributed by atoms with van der Waals surface area (Å²) in [5, 5.41) is 11.2. The van der Waals surface area contributed by atoms with E-state index in [1.807, 2.05) is 24.3 Å². The number of hydrogen-bond acceptors (Lipinski definition) is 7. The zero-order valence-corrected chi connectivity index (χ0v) is 27.0. The van der Waals surface area contributed by atoms with Crippen molar-refractivity contribution in [3.63, 3.8) is 0 Å². The molecule has 0 aliphatic carbocycles. The Morgan fingerprint density at radius 3 is 2.05 bits per heavy atom. The molecule has 2 aromatic rings. The predicted octanol–water partition coefficient (Wildman–Crippen LogP) is 8.37. The first-order valence-electron chi connectivity index (χ1n) is 14.3. The van der Waals surface area contributed by atoms with Gasteiger partial charge in [0, 0.05) is 0 Å². The molecule has 0 saturated heterocycles. The van der Waals surface area contributed by atoms with Crippen molar-refractivity contribution in [1.82, 2.24) is 0 Å². The number of allylic oxidation sites excluding steroid dienone is 1. The Bertz CT molecular complexity index is 1130. The van der Waals surface area contributed by atoms with E-state index in [2.05, 4.69) is 54.5 Å². The van der Waals surface area contributed by atoms with Gasteiger partial charge >= 0.3 is 13.6 Å². The van der Waals surface area contributed by atoms with Crippen LogP contribution in [0.5, 0.6) is 11.5 Å². The molecule has 0 bridgehead atoms. The Kier molecular flexibility index (Phi) is 12.7. The molecule has 4 atom stereocenters. The fourth-order valence-corrected chi connectivity index (χ4v) is 6.78. The quantitative estimate of drug-likeness (QED) is 0.175. The van der Waals surface area contributed by atoms with Gasteiger partial charge in [-0.1, -0.05) is 91.0 Å². The first kappa shape index (κ1) is 34.6. The standard InChI is InChI=1S/C33H49O7P/c1-10-37-31(35)25(3)39-41(36,40-28-17-12-11-13-18-28)23-38-27-21-19-26(20-22-27)16-14-15-24(2)29(34)30(32(4,5)6)33(7,8)9/h11-14,16-22,24-25,29-30,34H,10,15,23H2,1-9H3/b16-14+/t24-,25+,29-,41?/m1/s1. The molecule has 0 heterocycles.